The molecule has 5 heteroatoms. The van der Waals surface area contributed by atoms with Crippen molar-refractivity contribution in [3.8, 4) is 0 Å². The average Bonchev–Trinajstić information content (AvgIpc) is 2.94. The van der Waals surface area contributed by atoms with Gasteiger partial charge in [-0.05, 0) is 31.1 Å². The number of hydrogen-bond acceptors (Lipinski definition) is 4. The van der Waals surface area contributed by atoms with E-state index in [1.807, 2.05) is 10.9 Å². The molecule has 0 spiro atoms. The van der Waals surface area contributed by atoms with Gasteiger partial charge in [0.25, 0.3) is 0 Å². The predicted molar refractivity (Wildman–Crippen MR) is 93.5 cm³/mol. The van der Waals surface area contributed by atoms with E-state index in [0.29, 0.717) is 25.7 Å². The fraction of sp³-hybridized carbons (Fsp3) is 0.889. The van der Waals surface area contributed by atoms with Gasteiger partial charge in [-0.1, -0.05) is 45.7 Å². The van der Waals surface area contributed by atoms with E-state index in [0.717, 1.165) is 37.6 Å². The first-order chi connectivity index (χ1) is 11.1. The highest BCUT2D eigenvalue weighted by atomic mass is 16.5. The first kappa shape index (κ1) is 20.1. The maximum absolute atomic E-state index is 5.57. The van der Waals surface area contributed by atoms with Crippen LogP contribution in [0.1, 0.15) is 59.1 Å². The molecule has 0 unspecified atom stereocenters. The molecular weight excluding hydrogens is 290 g/mol. The Labute approximate surface area is 141 Å². The van der Waals surface area contributed by atoms with Crippen LogP contribution in [0.4, 0.5) is 0 Å². The van der Waals surface area contributed by atoms with Crippen LogP contribution < -0.4 is 0 Å². The fourth-order valence-corrected chi connectivity index (χ4v) is 2.22. The zero-order chi connectivity index (χ0) is 16.9. The van der Waals surface area contributed by atoms with E-state index in [1.54, 1.807) is 0 Å². The van der Waals surface area contributed by atoms with Gasteiger partial charge in [0.1, 0.15) is 0 Å². The predicted octanol–water partition coefficient (Wildman–Crippen LogP) is 3.73. The second kappa shape index (κ2) is 12.5. The van der Waals surface area contributed by atoms with Gasteiger partial charge in [-0.25, -0.2) is 4.68 Å². The highest BCUT2D eigenvalue weighted by Gasteiger charge is 2.02. The molecule has 23 heavy (non-hydrogen) atoms. The number of ether oxygens (including phenoxy) is 2. The maximum Gasteiger partial charge on any atom is 0.0827 e. The van der Waals surface area contributed by atoms with E-state index in [4.69, 9.17) is 9.47 Å². The van der Waals surface area contributed by atoms with Gasteiger partial charge in [0.2, 0.25) is 0 Å². The van der Waals surface area contributed by atoms with Crippen molar-refractivity contribution in [1.82, 2.24) is 15.0 Å². The van der Waals surface area contributed by atoms with Crippen molar-refractivity contribution in [1.29, 1.82) is 0 Å². The van der Waals surface area contributed by atoms with E-state index in [1.165, 1.54) is 19.3 Å². The molecule has 0 atom stereocenters. The summed E-state index contributed by atoms with van der Waals surface area (Å²) in [6, 6.07) is 0. The average molecular weight is 325 g/mol. The molecule has 0 saturated heterocycles. The summed E-state index contributed by atoms with van der Waals surface area (Å²) in [6.07, 6.45) is 7.93. The number of aromatic nitrogens is 3. The third-order valence-electron chi connectivity index (χ3n) is 3.73. The van der Waals surface area contributed by atoms with Gasteiger partial charge in [-0.3, -0.25) is 0 Å². The molecule has 1 aromatic rings. The van der Waals surface area contributed by atoms with E-state index in [2.05, 4.69) is 38.0 Å². The summed E-state index contributed by atoms with van der Waals surface area (Å²) in [5.41, 5.74) is 1.09. The van der Waals surface area contributed by atoms with Gasteiger partial charge >= 0.3 is 0 Å². The Kier molecular flexibility index (Phi) is 10.9. The highest BCUT2D eigenvalue weighted by Crippen LogP contribution is 2.09. The third-order valence-corrected chi connectivity index (χ3v) is 3.73. The fourth-order valence-electron chi connectivity index (χ4n) is 2.22. The molecule has 0 fully saturated rings. The highest BCUT2D eigenvalue weighted by molar-refractivity contribution is 4.92. The molecule has 0 aromatic carbocycles. The van der Waals surface area contributed by atoms with Crippen LogP contribution in [0.3, 0.4) is 0 Å². The van der Waals surface area contributed by atoms with Crippen LogP contribution in [0, 0.1) is 11.8 Å². The minimum atomic E-state index is 0.648. The Hall–Kier alpha value is -0.940. The molecule has 0 radical (unpaired) electrons. The van der Waals surface area contributed by atoms with Crippen LogP contribution in [0.25, 0.3) is 0 Å². The molecule has 0 amide bonds. The zero-order valence-electron chi connectivity index (χ0n) is 15.5. The van der Waals surface area contributed by atoms with Crippen LogP contribution in [-0.2, 0) is 22.4 Å². The topological polar surface area (TPSA) is 49.2 Å². The molecule has 0 N–H and O–H groups in total. The van der Waals surface area contributed by atoms with Crippen LogP contribution >= 0.6 is 0 Å². The van der Waals surface area contributed by atoms with Gasteiger partial charge in [0, 0.05) is 12.8 Å². The van der Waals surface area contributed by atoms with Gasteiger partial charge in [-0.15, -0.1) is 5.10 Å². The molecule has 134 valence electrons. The van der Waals surface area contributed by atoms with E-state index in [9.17, 15) is 0 Å². The Bertz CT molecular complexity index is 391. The zero-order valence-corrected chi connectivity index (χ0v) is 15.5. The first-order valence-corrected chi connectivity index (χ1v) is 9.12. The molecule has 0 bridgehead atoms. The monoisotopic (exact) mass is 325 g/mol. The van der Waals surface area contributed by atoms with Gasteiger partial charge < -0.3 is 9.47 Å². The van der Waals surface area contributed by atoms with Gasteiger partial charge in [-0.2, -0.15) is 0 Å². The minimum absolute atomic E-state index is 0.648. The van der Waals surface area contributed by atoms with Crippen molar-refractivity contribution >= 4 is 0 Å². The Balaban J connectivity index is 1.99. The smallest absolute Gasteiger partial charge is 0.0827 e. The van der Waals surface area contributed by atoms with Crippen molar-refractivity contribution in [2.45, 2.75) is 66.3 Å². The number of hydrogen-bond donors (Lipinski definition) is 0. The normalized spacial score (nSPS) is 11.7. The Morgan fingerprint density at radius 3 is 2.30 bits per heavy atom. The van der Waals surface area contributed by atoms with Crippen LogP contribution in [-0.4, -0.2) is 41.4 Å². The van der Waals surface area contributed by atoms with Crippen molar-refractivity contribution in [3.05, 3.63) is 11.9 Å². The van der Waals surface area contributed by atoms with Crippen molar-refractivity contribution < 1.29 is 9.47 Å². The lowest BCUT2D eigenvalue weighted by molar-refractivity contribution is 0.0404. The molecule has 1 aromatic heterocycles. The lowest BCUT2D eigenvalue weighted by Crippen LogP contribution is -2.11. The van der Waals surface area contributed by atoms with Crippen LogP contribution in [0.5, 0.6) is 0 Å². The SMILES string of the molecule is CC(C)CCCCc1cn(CCOCCOCCC(C)C)nn1. The maximum atomic E-state index is 5.57. The molecule has 5 nitrogen and oxygen atoms in total. The summed E-state index contributed by atoms with van der Waals surface area (Å²) < 4.78 is 13.0. The van der Waals surface area contributed by atoms with Gasteiger partial charge in [0.15, 0.2) is 0 Å². The molecular formula is C18H35N3O2. The van der Waals surface area contributed by atoms with Crippen LogP contribution in [0.2, 0.25) is 0 Å². The molecule has 0 saturated carbocycles. The quantitative estimate of drug-likeness (QED) is 0.489. The van der Waals surface area contributed by atoms with Crippen molar-refractivity contribution in [2.24, 2.45) is 11.8 Å². The van der Waals surface area contributed by atoms with E-state index >= 15 is 0 Å². The number of rotatable bonds is 14. The summed E-state index contributed by atoms with van der Waals surface area (Å²) >= 11 is 0. The third kappa shape index (κ3) is 11.3. The van der Waals surface area contributed by atoms with E-state index in [-0.39, 0.29) is 0 Å². The van der Waals surface area contributed by atoms with Crippen molar-refractivity contribution in [3.63, 3.8) is 0 Å². The first-order valence-electron chi connectivity index (χ1n) is 9.12. The van der Waals surface area contributed by atoms with E-state index < -0.39 is 0 Å². The molecule has 1 heterocycles. The summed E-state index contributed by atoms with van der Waals surface area (Å²) in [6.45, 7) is 12.5. The summed E-state index contributed by atoms with van der Waals surface area (Å²) in [5, 5.41) is 8.37. The standard InChI is InChI=1S/C18H35N3O2/c1-16(2)7-5-6-8-18-15-21(20-19-18)10-12-23-14-13-22-11-9-17(3)4/h15-17H,5-14H2,1-4H3. The molecule has 0 aliphatic heterocycles. The number of nitrogens with zero attached hydrogens (tertiary/aromatic N) is 3. The summed E-state index contributed by atoms with van der Waals surface area (Å²) in [4.78, 5) is 0. The molecule has 0 aliphatic rings. The Morgan fingerprint density at radius 1 is 0.913 bits per heavy atom. The Morgan fingerprint density at radius 2 is 1.61 bits per heavy atom. The second-order valence-electron chi connectivity index (χ2n) is 7.02. The second-order valence-corrected chi connectivity index (χ2v) is 7.02. The molecule has 1 rings (SSSR count). The lowest BCUT2D eigenvalue weighted by atomic mass is 10.0. The van der Waals surface area contributed by atoms with Crippen LogP contribution in [0.15, 0.2) is 6.20 Å². The summed E-state index contributed by atoms with van der Waals surface area (Å²) in [7, 11) is 0. The molecule has 0 aliphatic carbocycles. The summed E-state index contributed by atoms with van der Waals surface area (Å²) in [5.74, 6) is 1.49. The van der Waals surface area contributed by atoms with Gasteiger partial charge in [0.05, 0.1) is 32.1 Å². The number of aryl methyl sites for hydroxylation is 1. The minimum Gasteiger partial charge on any atom is -0.379 e. The number of unbranched alkanes of at least 4 members (excludes halogenated alkanes) is 1. The largest absolute Gasteiger partial charge is 0.379 e. The lowest BCUT2D eigenvalue weighted by Gasteiger charge is -2.07. The van der Waals surface area contributed by atoms with Crippen molar-refractivity contribution in [2.75, 3.05) is 26.4 Å².